The molecule has 14 heteroatoms. The van der Waals surface area contributed by atoms with E-state index < -0.39 is 36.4 Å². The second-order valence-electron chi connectivity index (χ2n) is 8.91. The van der Waals surface area contributed by atoms with Gasteiger partial charge in [0.2, 0.25) is 0 Å². The normalized spacial score (nSPS) is 26.1. The SMILES string of the molecule is COC1[C@@H](Sc2cc(Br)ccc2C(=O)NC2CCC2)OC(CO)[C@H](O)[C@@H]1n1cc(-n2ccc(Cl)n2)nn1. The van der Waals surface area contributed by atoms with Gasteiger partial charge in [0.25, 0.3) is 5.91 Å². The van der Waals surface area contributed by atoms with E-state index in [4.69, 9.17) is 21.1 Å². The monoisotopic (exact) mass is 612 g/mol. The molecule has 1 saturated carbocycles. The number of aliphatic hydroxyl groups excluding tert-OH is 2. The van der Waals surface area contributed by atoms with Crippen LogP contribution in [0.2, 0.25) is 5.15 Å². The molecule has 0 spiro atoms. The number of halogens is 2. The first-order valence-electron chi connectivity index (χ1n) is 11.8. The fourth-order valence-corrected chi connectivity index (χ4v) is 6.37. The lowest BCUT2D eigenvalue weighted by Gasteiger charge is -2.43. The number of nitrogens with zero attached hydrogens (tertiary/aromatic N) is 5. The van der Waals surface area contributed by atoms with Gasteiger partial charge in [-0.3, -0.25) is 4.79 Å². The first-order chi connectivity index (χ1) is 17.9. The average Bonchev–Trinajstić information content (AvgIpc) is 3.51. The van der Waals surface area contributed by atoms with E-state index in [-0.39, 0.29) is 11.9 Å². The highest BCUT2D eigenvalue weighted by molar-refractivity contribution is 9.10. The van der Waals surface area contributed by atoms with Crippen LogP contribution < -0.4 is 5.32 Å². The van der Waals surface area contributed by atoms with Crippen molar-refractivity contribution in [2.75, 3.05) is 13.7 Å². The maximum Gasteiger partial charge on any atom is 0.252 e. The molecule has 37 heavy (non-hydrogen) atoms. The van der Waals surface area contributed by atoms with Gasteiger partial charge in [-0.25, -0.2) is 9.36 Å². The fourth-order valence-electron chi connectivity index (χ4n) is 4.38. The van der Waals surface area contributed by atoms with Gasteiger partial charge in [-0.2, -0.15) is 5.10 Å². The quantitative estimate of drug-likeness (QED) is 0.350. The van der Waals surface area contributed by atoms with Gasteiger partial charge in [-0.1, -0.05) is 44.5 Å². The molecule has 1 saturated heterocycles. The van der Waals surface area contributed by atoms with Gasteiger partial charge < -0.3 is 25.0 Å². The Kier molecular flexibility index (Phi) is 8.19. The van der Waals surface area contributed by atoms with Crippen LogP contribution in [0.4, 0.5) is 0 Å². The summed E-state index contributed by atoms with van der Waals surface area (Å²) in [6.07, 6.45) is 3.55. The third-order valence-electron chi connectivity index (χ3n) is 6.56. The van der Waals surface area contributed by atoms with Crippen LogP contribution in [-0.4, -0.2) is 84.4 Å². The number of rotatable bonds is 8. The first-order valence-corrected chi connectivity index (χ1v) is 13.8. The number of ether oxygens (including phenoxy) is 2. The molecule has 1 aromatic carbocycles. The highest BCUT2D eigenvalue weighted by Gasteiger charge is 2.47. The van der Waals surface area contributed by atoms with Gasteiger partial charge in [0, 0.05) is 28.7 Å². The van der Waals surface area contributed by atoms with Crippen molar-refractivity contribution in [3.63, 3.8) is 0 Å². The molecule has 2 aliphatic rings. The third kappa shape index (κ3) is 5.58. The molecule has 1 amide bonds. The fraction of sp³-hybridized carbons (Fsp3) is 0.478. The van der Waals surface area contributed by atoms with Crippen molar-refractivity contribution in [1.29, 1.82) is 0 Å². The molecule has 3 aromatic rings. The van der Waals surface area contributed by atoms with Crippen molar-refractivity contribution in [1.82, 2.24) is 30.1 Å². The van der Waals surface area contributed by atoms with Crippen LogP contribution in [0.1, 0.15) is 35.7 Å². The molecular weight excluding hydrogens is 588 g/mol. The Bertz CT molecular complexity index is 1260. The maximum absolute atomic E-state index is 13.0. The van der Waals surface area contributed by atoms with E-state index in [1.165, 1.54) is 28.2 Å². The number of benzene rings is 1. The lowest BCUT2D eigenvalue weighted by atomic mass is 9.93. The van der Waals surface area contributed by atoms with Crippen molar-refractivity contribution < 1.29 is 24.5 Å². The van der Waals surface area contributed by atoms with E-state index in [9.17, 15) is 15.0 Å². The van der Waals surface area contributed by atoms with Crippen molar-refractivity contribution in [3.05, 3.63) is 51.8 Å². The molecule has 5 rings (SSSR count). The number of aliphatic hydroxyl groups is 2. The van der Waals surface area contributed by atoms with Gasteiger partial charge in [-0.15, -0.1) is 5.10 Å². The zero-order valence-electron chi connectivity index (χ0n) is 19.8. The molecule has 5 atom stereocenters. The average molecular weight is 614 g/mol. The molecule has 1 aliphatic heterocycles. The molecule has 0 bridgehead atoms. The smallest absolute Gasteiger partial charge is 0.252 e. The molecule has 198 valence electrons. The Morgan fingerprint density at radius 1 is 1.38 bits per heavy atom. The van der Waals surface area contributed by atoms with Crippen molar-refractivity contribution in [2.45, 2.75) is 60.0 Å². The second-order valence-corrected chi connectivity index (χ2v) is 11.3. The molecule has 11 nitrogen and oxygen atoms in total. The van der Waals surface area contributed by atoms with Gasteiger partial charge in [0.05, 0.1) is 18.4 Å². The molecule has 0 radical (unpaired) electrons. The van der Waals surface area contributed by atoms with Gasteiger partial charge in [-0.05, 0) is 43.5 Å². The van der Waals surface area contributed by atoms with E-state index in [1.807, 2.05) is 12.1 Å². The summed E-state index contributed by atoms with van der Waals surface area (Å²) in [5.74, 6) is 0.241. The van der Waals surface area contributed by atoms with Crippen LogP contribution in [0.25, 0.3) is 5.82 Å². The number of amides is 1. The lowest BCUT2D eigenvalue weighted by Crippen LogP contribution is -2.55. The topological polar surface area (TPSA) is 137 Å². The molecule has 1 aliphatic carbocycles. The van der Waals surface area contributed by atoms with Crippen molar-refractivity contribution in [2.24, 2.45) is 0 Å². The van der Waals surface area contributed by atoms with Crippen LogP contribution in [0, 0.1) is 0 Å². The summed E-state index contributed by atoms with van der Waals surface area (Å²) in [7, 11) is 1.51. The lowest BCUT2D eigenvalue weighted by molar-refractivity contribution is -0.186. The van der Waals surface area contributed by atoms with E-state index in [0.29, 0.717) is 21.4 Å². The summed E-state index contributed by atoms with van der Waals surface area (Å²) in [5, 5.41) is 36.9. The van der Waals surface area contributed by atoms with Gasteiger partial charge in [0.1, 0.15) is 29.8 Å². The zero-order valence-corrected chi connectivity index (χ0v) is 22.9. The molecular formula is C23H26BrClN6O5S. The minimum absolute atomic E-state index is 0.154. The number of hydrogen-bond donors (Lipinski definition) is 3. The first kappa shape index (κ1) is 26.6. The maximum atomic E-state index is 13.0. The summed E-state index contributed by atoms with van der Waals surface area (Å²) >= 11 is 10.7. The Morgan fingerprint density at radius 2 is 2.19 bits per heavy atom. The molecule has 2 aromatic heterocycles. The number of nitrogens with one attached hydrogen (secondary N) is 1. The minimum atomic E-state index is -1.15. The van der Waals surface area contributed by atoms with Crippen molar-refractivity contribution in [3.8, 4) is 5.82 Å². The Labute approximate surface area is 230 Å². The Morgan fingerprint density at radius 3 is 2.84 bits per heavy atom. The van der Waals surface area contributed by atoms with Crippen LogP contribution in [-0.2, 0) is 9.47 Å². The highest BCUT2D eigenvalue weighted by atomic mass is 79.9. The number of carbonyl (C=O) groups is 1. The van der Waals surface area contributed by atoms with Gasteiger partial charge in [0.15, 0.2) is 11.0 Å². The summed E-state index contributed by atoms with van der Waals surface area (Å²) in [4.78, 5) is 13.7. The highest BCUT2D eigenvalue weighted by Crippen LogP contribution is 2.41. The summed E-state index contributed by atoms with van der Waals surface area (Å²) in [6.45, 7) is -0.422. The summed E-state index contributed by atoms with van der Waals surface area (Å²) in [6, 6.07) is 6.49. The molecule has 2 fully saturated rings. The Balaban J connectivity index is 1.44. The molecule has 2 unspecified atom stereocenters. The predicted molar refractivity (Wildman–Crippen MR) is 139 cm³/mol. The van der Waals surface area contributed by atoms with E-state index >= 15 is 0 Å². The summed E-state index contributed by atoms with van der Waals surface area (Å²) in [5.41, 5.74) is -0.174. The Hall–Kier alpha value is -2.00. The number of thioether (sulfide) groups is 1. The standard InChI is InChI=1S/C23H26BrClN6O5S/c1-35-21-19(31-10-18(27-29-31)30-8-7-17(25)28-30)20(33)15(11-32)36-23(21)37-16-9-12(24)5-6-14(16)22(34)26-13-3-2-4-13/h5-10,13,15,19-21,23,32-33H,2-4,11H2,1H3,(H,26,34)/t15?,19-,20-,21?,23+/m0/s1. The minimum Gasteiger partial charge on any atom is -0.394 e. The summed E-state index contributed by atoms with van der Waals surface area (Å²) < 4.78 is 15.6. The number of aromatic nitrogens is 5. The van der Waals surface area contributed by atoms with Crippen LogP contribution in [0.5, 0.6) is 0 Å². The van der Waals surface area contributed by atoms with E-state index in [1.54, 1.807) is 24.5 Å². The predicted octanol–water partition coefficient (Wildman–Crippen LogP) is 2.59. The third-order valence-corrected chi connectivity index (χ3v) is 8.46. The second kappa shape index (κ2) is 11.4. The molecule has 3 N–H and O–H groups in total. The number of hydrogen-bond acceptors (Lipinski definition) is 9. The van der Waals surface area contributed by atoms with Crippen LogP contribution in [0.15, 0.2) is 46.0 Å². The van der Waals surface area contributed by atoms with Crippen LogP contribution in [0.3, 0.4) is 0 Å². The van der Waals surface area contributed by atoms with E-state index in [2.05, 4.69) is 36.7 Å². The zero-order chi connectivity index (χ0) is 26.1. The number of carbonyl (C=O) groups excluding carboxylic acids is 1. The largest absolute Gasteiger partial charge is 0.394 e. The molecule has 3 heterocycles. The van der Waals surface area contributed by atoms with Crippen molar-refractivity contribution >= 4 is 45.2 Å². The number of methoxy groups -OCH3 is 1. The van der Waals surface area contributed by atoms with Gasteiger partial charge >= 0.3 is 0 Å². The van der Waals surface area contributed by atoms with E-state index in [0.717, 1.165) is 23.7 Å². The van der Waals surface area contributed by atoms with Crippen LogP contribution >= 0.6 is 39.3 Å².